The highest BCUT2D eigenvalue weighted by Gasteiger charge is 2.57. The van der Waals surface area contributed by atoms with Gasteiger partial charge in [-0.05, 0) is 33.6 Å². The Morgan fingerprint density at radius 2 is 2.22 bits per heavy atom. The van der Waals surface area contributed by atoms with Crippen molar-refractivity contribution in [1.82, 2.24) is 4.90 Å². The number of likely N-dealkylation sites (tertiary alicyclic amines) is 1. The van der Waals surface area contributed by atoms with Crippen LogP contribution in [0.3, 0.4) is 0 Å². The molecule has 0 aliphatic carbocycles. The van der Waals surface area contributed by atoms with Crippen LogP contribution in [0.1, 0.15) is 40.0 Å². The number of aliphatic hydroxyl groups is 1. The van der Waals surface area contributed by atoms with Gasteiger partial charge < -0.3 is 14.6 Å². The number of esters is 1. The zero-order valence-electron chi connectivity index (χ0n) is 10.9. The van der Waals surface area contributed by atoms with Crippen LogP contribution >= 0.6 is 0 Å². The molecule has 0 aromatic heterocycles. The van der Waals surface area contributed by atoms with Gasteiger partial charge in [-0.25, -0.2) is 9.59 Å². The van der Waals surface area contributed by atoms with Crippen LogP contribution in [0.25, 0.3) is 0 Å². The molecule has 6 heteroatoms. The minimum absolute atomic E-state index is 0.130. The molecule has 0 aromatic carbocycles. The van der Waals surface area contributed by atoms with Gasteiger partial charge in [-0.3, -0.25) is 4.90 Å². The summed E-state index contributed by atoms with van der Waals surface area (Å²) in [5, 5.41) is 9.44. The number of hydrogen-bond donors (Lipinski definition) is 1. The van der Waals surface area contributed by atoms with E-state index < -0.39 is 29.5 Å². The Hall–Kier alpha value is -1.30. The Bertz CT molecular complexity index is 375. The second-order valence-corrected chi connectivity index (χ2v) is 5.83. The van der Waals surface area contributed by atoms with E-state index in [1.807, 2.05) is 0 Å². The van der Waals surface area contributed by atoms with Crippen LogP contribution in [-0.2, 0) is 14.3 Å². The van der Waals surface area contributed by atoms with Crippen molar-refractivity contribution in [3.63, 3.8) is 0 Å². The van der Waals surface area contributed by atoms with E-state index in [2.05, 4.69) is 0 Å². The fourth-order valence-corrected chi connectivity index (χ4v) is 2.53. The number of amides is 1. The normalized spacial score (nSPS) is 31.9. The lowest BCUT2D eigenvalue weighted by Crippen LogP contribution is -2.52. The second-order valence-electron chi connectivity index (χ2n) is 5.83. The Kier molecular flexibility index (Phi) is 3.01. The first kappa shape index (κ1) is 13.1. The van der Waals surface area contributed by atoms with E-state index in [9.17, 15) is 14.7 Å². The summed E-state index contributed by atoms with van der Waals surface area (Å²) in [6.45, 7) is 5.77. The molecule has 0 saturated carbocycles. The molecule has 102 valence electrons. The smallest absolute Gasteiger partial charge is 0.411 e. The van der Waals surface area contributed by atoms with Crippen LogP contribution in [0.2, 0.25) is 0 Å². The molecule has 0 radical (unpaired) electrons. The van der Waals surface area contributed by atoms with Gasteiger partial charge in [0.2, 0.25) is 6.29 Å². The summed E-state index contributed by atoms with van der Waals surface area (Å²) in [4.78, 5) is 25.3. The summed E-state index contributed by atoms with van der Waals surface area (Å²) < 4.78 is 10.1. The van der Waals surface area contributed by atoms with Crippen LogP contribution < -0.4 is 0 Å². The van der Waals surface area contributed by atoms with Gasteiger partial charge in [-0.1, -0.05) is 0 Å². The van der Waals surface area contributed by atoms with Crippen molar-refractivity contribution in [1.29, 1.82) is 0 Å². The van der Waals surface area contributed by atoms with E-state index in [-0.39, 0.29) is 6.42 Å². The first-order valence-corrected chi connectivity index (χ1v) is 6.14. The summed E-state index contributed by atoms with van der Waals surface area (Å²) in [6, 6.07) is 0. The van der Waals surface area contributed by atoms with Crippen molar-refractivity contribution in [2.45, 2.75) is 57.5 Å². The summed E-state index contributed by atoms with van der Waals surface area (Å²) >= 11 is 0. The molecule has 2 saturated heterocycles. The number of aliphatic hydroxyl groups excluding tert-OH is 1. The van der Waals surface area contributed by atoms with Gasteiger partial charge in [-0.2, -0.15) is 0 Å². The third-order valence-electron chi connectivity index (χ3n) is 3.24. The van der Waals surface area contributed by atoms with Gasteiger partial charge in [0.05, 0.1) is 0 Å². The third-order valence-corrected chi connectivity index (χ3v) is 3.24. The van der Waals surface area contributed by atoms with E-state index in [0.717, 1.165) is 0 Å². The highest BCUT2D eigenvalue weighted by molar-refractivity contribution is 5.88. The van der Waals surface area contributed by atoms with Gasteiger partial charge in [0, 0.05) is 13.0 Å². The van der Waals surface area contributed by atoms with E-state index in [1.54, 1.807) is 20.8 Å². The maximum Gasteiger partial charge on any atom is 0.411 e. The average molecular weight is 257 g/mol. The molecule has 6 nitrogen and oxygen atoms in total. The number of cyclic esters (lactones) is 1. The van der Waals surface area contributed by atoms with Crippen LogP contribution in [0.5, 0.6) is 0 Å². The highest BCUT2D eigenvalue weighted by atomic mass is 16.6. The van der Waals surface area contributed by atoms with Crippen molar-refractivity contribution in [3.8, 4) is 0 Å². The molecule has 1 N–H and O–H groups in total. The molecule has 2 rings (SSSR count). The highest BCUT2D eigenvalue weighted by Crippen LogP contribution is 2.40. The molecule has 2 fully saturated rings. The van der Waals surface area contributed by atoms with Crippen molar-refractivity contribution >= 4 is 12.1 Å². The third kappa shape index (κ3) is 2.16. The largest absolute Gasteiger partial charge is 0.444 e. The van der Waals surface area contributed by atoms with E-state index in [4.69, 9.17) is 9.47 Å². The van der Waals surface area contributed by atoms with Crippen molar-refractivity contribution in [2.75, 3.05) is 6.54 Å². The zero-order chi connectivity index (χ0) is 13.6. The lowest BCUT2D eigenvalue weighted by molar-refractivity contribution is -0.158. The van der Waals surface area contributed by atoms with E-state index >= 15 is 0 Å². The minimum Gasteiger partial charge on any atom is -0.444 e. The Labute approximate surface area is 106 Å². The lowest BCUT2D eigenvalue weighted by Gasteiger charge is -2.32. The van der Waals surface area contributed by atoms with Crippen LogP contribution in [-0.4, -0.2) is 46.0 Å². The zero-order valence-corrected chi connectivity index (χ0v) is 10.9. The number of carbonyl (C=O) groups excluding carboxylic acids is 2. The second kappa shape index (κ2) is 4.12. The van der Waals surface area contributed by atoms with Crippen molar-refractivity contribution < 1.29 is 24.2 Å². The Morgan fingerprint density at radius 1 is 1.56 bits per heavy atom. The van der Waals surface area contributed by atoms with Crippen LogP contribution in [0, 0.1) is 0 Å². The van der Waals surface area contributed by atoms with Crippen LogP contribution in [0.4, 0.5) is 4.79 Å². The quantitative estimate of drug-likeness (QED) is 0.656. The summed E-state index contributed by atoms with van der Waals surface area (Å²) in [5.74, 6) is -0.529. The standard InChI is InChI=1S/C12H19NO5/c1-11(2,3)18-10(16)13-6-4-5-12(13)7-8(14)17-9(12)15/h8,14H,4-7H2,1-3H3/t8?,12-/m1/s1. The molecule has 2 heterocycles. The maximum atomic E-state index is 12.1. The van der Waals surface area contributed by atoms with Gasteiger partial charge in [0.25, 0.3) is 0 Å². The minimum atomic E-state index is -1.12. The number of nitrogens with zero attached hydrogens (tertiary/aromatic N) is 1. The topological polar surface area (TPSA) is 76.1 Å². The number of rotatable bonds is 0. The van der Waals surface area contributed by atoms with Gasteiger partial charge in [0.1, 0.15) is 11.1 Å². The molecule has 2 aliphatic heterocycles. The molecule has 2 aliphatic rings. The SMILES string of the molecule is CC(C)(C)OC(=O)N1CCC[C@]12CC(O)OC2=O. The average Bonchev–Trinajstić information content (AvgIpc) is 2.70. The Morgan fingerprint density at radius 3 is 2.72 bits per heavy atom. The molecule has 1 amide bonds. The molecule has 2 atom stereocenters. The van der Waals surface area contributed by atoms with Crippen molar-refractivity contribution in [3.05, 3.63) is 0 Å². The molecule has 1 spiro atoms. The first-order chi connectivity index (χ1) is 8.24. The Balaban J connectivity index is 2.18. The summed E-state index contributed by atoms with van der Waals surface area (Å²) in [5.41, 5.74) is -1.64. The van der Waals surface area contributed by atoms with Gasteiger partial charge in [-0.15, -0.1) is 0 Å². The number of ether oxygens (including phenoxy) is 2. The van der Waals surface area contributed by atoms with Gasteiger partial charge in [0.15, 0.2) is 0 Å². The summed E-state index contributed by atoms with van der Waals surface area (Å²) in [6.07, 6.45) is -0.291. The molecule has 1 unspecified atom stereocenters. The van der Waals surface area contributed by atoms with E-state index in [1.165, 1.54) is 4.90 Å². The lowest BCUT2D eigenvalue weighted by atomic mass is 9.94. The monoisotopic (exact) mass is 257 g/mol. The number of hydrogen-bond acceptors (Lipinski definition) is 5. The van der Waals surface area contributed by atoms with E-state index in [0.29, 0.717) is 19.4 Å². The molecule has 0 aromatic rings. The van der Waals surface area contributed by atoms with Gasteiger partial charge >= 0.3 is 12.1 Å². The van der Waals surface area contributed by atoms with Crippen molar-refractivity contribution in [2.24, 2.45) is 0 Å². The predicted octanol–water partition coefficient (Wildman–Crippen LogP) is 1.02. The summed E-state index contributed by atoms with van der Waals surface area (Å²) in [7, 11) is 0. The fraction of sp³-hybridized carbons (Fsp3) is 0.833. The fourth-order valence-electron chi connectivity index (χ4n) is 2.53. The molecular weight excluding hydrogens is 238 g/mol. The molecule has 18 heavy (non-hydrogen) atoms. The molecule has 0 bridgehead atoms. The van der Waals surface area contributed by atoms with Crippen LogP contribution in [0.15, 0.2) is 0 Å². The molecular formula is C12H19NO5. The maximum absolute atomic E-state index is 12.1. The first-order valence-electron chi connectivity index (χ1n) is 6.14. The number of carbonyl (C=O) groups is 2. The predicted molar refractivity (Wildman–Crippen MR) is 61.6 cm³/mol.